The van der Waals surface area contributed by atoms with E-state index < -0.39 is 86.2 Å². The molecular formula is C42H51N11O14. The molecule has 25 heteroatoms. The number of fused-ring (bicyclic) bond motifs is 2. The Bertz CT molecular complexity index is 2750. The van der Waals surface area contributed by atoms with Gasteiger partial charge in [0.05, 0.1) is 0 Å². The van der Waals surface area contributed by atoms with Crippen LogP contribution in [-0.2, 0) is 0 Å². The number of amides is 6. The molecule has 0 radical (unpaired) electrons. The molecule has 4 aromatic heterocycles. The number of aromatic nitrogens is 4. The minimum absolute atomic E-state index is 0.0139. The number of pyridine rings is 4. The van der Waals surface area contributed by atoms with E-state index in [1.807, 2.05) is 0 Å². The van der Waals surface area contributed by atoms with Crippen molar-refractivity contribution in [2.45, 2.75) is 51.0 Å². The van der Waals surface area contributed by atoms with E-state index in [1.165, 1.54) is 34.1 Å². The van der Waals surface area contributed by atoms with Crippen LogP contribution in [-0.4, -0.2) is 143 Å². The standard InChI is InChI=1S/C42H51N11O14/c43-18-2-1-9-26-25-46-37(58)29-16-14-27(39(60)52(29)66)35(56)44-19-7-23-48(41(62)31-10-5-12-33(54)50(31)64)21-3-4-22-49(42(63)32-11-6-13-34(55)51(32)65)24-8-20-45-36(57)28-15-17-30(38(59)47-26)53(67)40(28)61/h5-6,10-17,26,64-67H,1-4,7-9,18-25,43H2,(H,44,56)(H,45,57)(H,46,58)(H,47,59). The Morgan fingerprint density at radius 1 is 0.537 bits per heavy atom. The first-order chi connectivity index (χ1) is 32.0. The smallest absolute Gasteiger partial charge is 0.296 e. The summed E-state index contributed by atoms with van der Waals surface area (Å²) in [5.74, 6) is -5.33. The fourth-order valence-electron chi connectivity index (χ4n) is 7.05. The summed E-state index contributed by atoms with van der Waals surface area (Å²) < 4.78 is 0.307. The van der Waals surface area contributed by atoms with Crippen LogP contribution in [0.25, 0.3) is 0 Å². The largest absolute Gasteiger partial charge is 0.425 e. The average Bonchev–Trinajstić information content (AvgIpc) is 3.30. The van der Waals surface area contributed by atoms with Gasteiger partial charge in [-0.15, -0.1) is 18.9 Å². The summed E-state index contributed by atoms with van der Waals surface area (Å²) in [6, 6.07) is 10.3. The maximum absolute atomic E-state index is 13.7. The van der Waals surface area contributed by atoms with Crippen molar-refractivity contribution in [3.63, 3.8) is 0 Å². The van der Waals surface area contributed by atoms with Gasteiger partial charge in [-0.1, -0.05) is 18.6 Å². The van der Waals surface area contributed by atoms with Crippen molar-refractivity contribution in [2.24, 2.45) is 5.73 Å². The monoisotopic (exact) mass is 933 g/mol. The highest BCUT2D eigenvalue weighted by atomic mass is 16.5. The molecule has 25 nitrogen and oxygen atoms in total. The van der Waals surface area contributed by atoms with Crippen molar-refractivity contribution in [1.29, 1.82) is 0 Å². The second-order valence-electron chi connectivity index (χ2n) is 15.3. The van der Waals surface area contributed by atoms with Gasteiger partial charge in [0.25, 0.3) is 57.7 Å². The molecule has 1 unspecified atom stereocenters. The van der Waals surface area contributed by atoms with Crippen LogP contribution in [0.2, 0.25) is 0 Å². The third-order valence-electron chi connectivity index (χ3n) is 10.7. The van der Waals surface area contributed by atoms with E-state index in [2.05, 4.69) is 21.3 Å². The molecule has 4 aromatic rings. The third-order valence-corrected chi connectivity index (χ3v) is 10.7. The second kappa shape index (κ2) is 23.1. The number of nitrogens with two attached hydrogens (primary N) is 1. The van der Waals surface area contributed by atoms with Gasteiger partial charge in [-0.25, -0.2) is 0 Å². The topological polar surface area (TPSA) is 352 Å². The maximum Gasteiger partial charge on any atom is 0.296 e. The molecule has 10 N–H and O–H groups in total. The molecule has 7 rings (SSSR count). The Morgan fingerprint density at radius 2 is 0.985 bits per heavy atom. The molecule has 3 aliphatic heterocycles. The van der Waals surface area contributed by atoms with E-state index >= 15 is 0 Å². The molecule has 0 aromatic carbocycles. The van der Waals surface area contributed by atoms with Gasteiger partial charge in [-0.2, -0.15) is 0 Å². The summed E-state index contributed by atoms with van der Waals surface area (Å²) in [5, 5.41) is 52.2. The first-order valence-electron chi connectivity index (χ1n) is 21.2. The molecule has 1 atom stereocenters. The van der Waals surface area contributed by atoms with Gasteiger partial charge in [-0.3, -0.25) is 47.9 Å². The molecule has 0 fully saturated rings. The Balaban J connectivity index is 1.43. The predicted octanol–water partition coefficient (Wildman–Crippen LogP) is -1.74. The molecule has 67 heavy (non-hydrogen) atoms. The number of hydrogen-bond acceptors (Lipinski definition) is 15. The number of nitrogens with one attached hydrogen (secondary N) is 4. The zero-order valence-electron chi connectivity index (χ0n) is 36.1. The van der Waals surface area contributed by atoms with Gasteiger partial charge in [-0.05, 0) is 81.5 Å². The molecule has 358 valence electrons. The summed E-state index contributed by atoms with van der Waals surface area (Å²) >= 11 is 0. The van der Waals surface area contributed by atoms with Crippen LogP contribution in [0, 0.1) is 0 Å². The number of carbonyl (C=O) groups excluding carboxylic acids is 6. The molecule has 6 amide bonds. The lowest BCUT2D eigenvalue weighted by Gasteiger charge is -2.26. The fourth-order valence-corrected chi connectivity index (χ4v) is 7.05. The first-order valence-corrected chi connectivity index (χ1v) is 21.2. The molecule has 0 spiro atoms. The van der Waals surface area contributed by atoms with E-state index in [1.54, 1.807) is 0 Å². The summed E-state index contributed by atoms with van der Waals surface area (Å²) in [6.07, 6.45) is 1.78. The van der Waals surface area contributed by atoms with Crippen molar-refractivity contribution in [2.75, 3.05) is 52.4 Å². The number of nitrogens with zero attached hydrogens (tertiary/aromatic N) is 6. The molecule has 3 aliphatic rings. The highest BCUT2D eigenvalue weighted by molar-refractivity contribution is 5.98. The van der Waals surface area contributed by atoms with Gasteiger partial charge in [0, 0.05) is 64.0 Å². The van der Waals surface area contributed by atoms with Crippen molar-refractivity contribution < 1.29 is 49.6 Å². The molecule has 4 bridgehead atoms. The lowest BCUT2D eigenvalue weighted by atomic mass is 10.1. The van der Waals surface area contributed by atoms with Gasteiger partial charge < -0.3 is 57.6 Å². The minimum atomic E-state index is -1.25. The summed E-state index contributed by atoms with van der Waals surface area (Å²) in [4.78, 5) is 133. The van der Waals surface area contributed by atoms with Crippen LogP contribution in [0.15, 0.2) is 79.8 Å². The van der Waals surface area contributed by atoms with E-state index in [9.17, 15) is 68.8 Å². The Labute approximate surface area is 379 Å². The van der Waals surface area contributed by atoms with Crippen LogP contribution >= 0.6 is 0 Å². The van der Waals surface area contributed by atoms with Crippen LogP contribution in [0.5, 0.6) is 0 Å². The van der Waals surface area contributed by atoms with Crippen molar-refractivity contribution in [1.82, 2.24) is 50.0 Å². The minimum Gasteiger partial charge on any atom is -0.425 e. The number of hydrogen-bond donors (Lipinski definition) is 9. The first kappa shape index (κ1) is 49.8. The van der Waals surface area contributed by atoms with E-state index in [4.69, 9.17) is 5.73 Å². The van der Waals surface area contributed by atoms with E-state index in [0.29, 0.717) is 19.4 Å². The summed E-state index contributed by atoms with van der Waals surface area (Å²) in [6.45, 7) is -0.375. The van der Waals surface area contributed by atoms with Gasteiger partial charge in [0.15, 0.2) is 0 Å². The average molecular weight is 934 g/mol. The zero-order chi connectivity index (χ0) is 48.8. The molecule has 7 heterocycles. The molecular weight excluding hydrogens is 883 g/mol. The van der Waals surface area contributed by atoms with Crippen molar-refractivity contribution in [3.05, 3.63) is 136 Å². The number of unbranched alkanes of at least 4 members (excludes halogenated alkanes) is 1. The lowest BCUT2D eigenvalue weighted by Crippen LogP contribution is -2.46. The summed E-state index contributed by atoms with van der Waals surface area (Å²) in [5.41, 5.74) is -1.58. The van der Waals surface area contributed by atoms with Crippen molar-refractivity contribution >= 4 is 35.4 Å². The van der Waals surface area contributed by atoms with Gasteiger partial charge in [0.2, 0.25) is 0 Å². The van der Waals surface area contributed by atoms with E-state index in [0.717, 1.165) is 36.4 Å². The Kier molecular flexibility index (Phi) is 17.2. The quantitative estimate of drug-likeness (QED) is 0.0766. The van der Waals surface area contributed by atoms with Gasteiger partial charge >= 0.3 is 0 Å². The highest BCUT2D eigenvalue weighted by Gasteiger charge is 2.26. The van der Waals surface area contributed by atoms with E-state index in [-0.39, 0.29) is 108 Å². The Hall–Kier alpha value is -8.22. The zero-order valence-corrected chi connectivity index (χ0v) is 36.1. The van der Waals surface area contributed by atoms with Crippen LogP contribution in [0.3, 0.4) is 0 Å². The number of carbonyl (C=O) groups is 6. The van der Waals surface area contributed by atoms with Crippen molar-refractivity contribution in [3.8, 4) is 0 Å². The normalized spacial score (nSPS) is 16.4. The predicted molar refractivity (Wildman–Crippen MR) is 233 cm³/mol. The molecule has 0 aliphatic carbocycles. The fraction of sp³-hybridized carbons (Fsp3) is 0.381. The molecule has 0 saturated carbocycles. The SMILES string of the molecule is NCCCCC1CNC(=O)c2ccc(c(=O)n2O)C(=O)NCCCN(C(=O)c2cccc(=O)n2O)CCCCN(C(=O)c2cccc(=O)n2O)CCCNC(=O)c2ccc(n(O)c2=O)C(=O)N1. The highest BCUT2D eigenvalue weighted by Crippen LogP contribution is 2.11. The van der Waals surface area contributed by atoms with Crippen LogP contribution < -0.4 is 49.2 Å². The number of rotatable bonds is 6. The maximum atomic E-state index is 13.7. The second-order valence-corrected chi connectivity index (χ2v) is 15.3. The lowest BCUT2D eigenvalue weighted by molar-refractivity contribution is 0.0657. The molecule has 0 saturated heterocycles. The third kappa shape index (κ3) is 12.3. The van der Waals surface area contributed by atoms with Gasteiger partial charge in [0.1, 0.15) is 33.9 Å². The van der Waals surface area contributed by atoms with Crippen LogP contribution in [0.1, 0.15) is 108 Å². The summed E-state index contributed by atoms with van der Waals surface area (Å²) in [7, 11) is 0. The van der Waals surface area contributed by atoms with Crippen LogP contribution in [0.4, 0.5) is 0 Å². The Morgan fingerprint density at radius 3 is 1.45 bits per heavy atom.